The molecule has 3 aromatic rings. The van der Waals surface area contributed by atoms with Crippen molar-refractivity contribution in [2.24, 2.45) is 0 Å². The second-order valence-electron chi connectivity index (χ2n) is 11.5. The summed E-state index contributed by atoms with van der Waals surface area (Å²) >= 11 is 0. The molecule has 0 radical (unpaired) electrons. The summed E-state index contributed by atoms with van der Waals surface area (Å²) in [7, 11) is 0. The molecule has 0 saturated heterocycles. The van der Waals surface area contributed by atoms with Crippen LogP contribution in [0, 0.1) is 13.8 Å². The molecule has 0 aliphatic heterocycles. The first-order valence-electron chi connectivity index (χ1n) is 12.4. The van der Waals surface area contributed by atoms with Crippen LogP contribution in [0.5, 0.6) is 0 Å². The normalized spacial score (nSPS) is 12.6. The van der Waals surface area contributed by atoms with Crippen molar-refractivity contribution < 1.29 is 0 Å². The Morgan fingerprint density at radius 2 is 1.03 bits per heavy atom. The van der Waals surface area contributed by atoms with Crippen molar-refractivity contribution in [2.75, 3.05) is 5.73 Å². The van der Waals surface area contributed by atoms with Crippen LogP contribution in [-0.2, 0) is 10.8 Å². The number of hydrogen-bond acceptors (Lipinski definition) is 1. The van der Waals surface area contributed by atoms with Gasteiger partial charge in [0, 0.05) is 16.5 Å². The maximum absolute atomic E-state index is 6.60. The van der Waals surface area contributed by atoms with E-state index in [0.29, 0.717) is 11.8 Å². The van der Waals surface area contributed by atoms with Gasteiger partial charge in [-0.25, -0.2) is 0 Å². The Kier molecular flexibility index (Phi) is 6.85. The molecule has 33 heavy (non-hydrogen) atoms. The minimum absolute atomic E-state index is 0.0716. The average Bonchev–Trinajstić information content (AvgIpc) is 2.75. The first-order valence-corrected chi connectivity index (χ1v) is 12.4. The van der Waals surface area contributed by atoms with E-state index in [1.165, 1.54) is 44.5 Å². The molecule has 0 atom stereocenters. The van der Waals surface area contributed by atoms with E-state index in [-0.39, 0.29) is 10.8 Å². The molecule has 0 spiro atoms. The van der Waals surface area contributed by atoms with Gasteiger partial charge in [-0.2, -0.15) is 0 Å². The lowest BCUT2D eigenvalue weighted by Gasteiger charge is -2.32. The highest BCUT2D eigenvalue weighted by atomic mass is 14.6. The summed E-state index contributed by atoms with van der Waals surface area (Å²) in [6.45, 7) is 22.7. The van der Waals surface area contributed by atoms with E-state index in [4.69, 9.17) is 5.73 Å². The van der Waals surface area contributed by atoms with E-state index < -0.39 is 0 Å². The number of benzene rings is 3. The summed E-state index contributed by atoms with van der Waals surface area (Å²) < 4.78 is 0. The Balaban J connectivity index is 2.12. The van der Waals surface area contributed by atoms with Crippen LogP contribution >= 0.6 is 0 Å². The zero-order valence-corrected chi connectivity index (χ0v) is 22.4. The van der Waals surface area contributed by atoms with Crippen LogP contribution in [0.3, 0.4) is 0 Å². The lowest BCUT2D eigenvalue weighted by molar-refractivity contribution is 0.615. The van der Waals surface area contributed by atoms with Crippen LogP contribution in [0.4, 0.5) is 5.69 Å². The number of nitrogen functional groups attached to an aromatic ring is 1. The molecular formula is C32H43N. The van der Waals surface area contributed by atoms with Gasteiger partial charge in [-0.05, 0) is 70.2 Å². The fraction of sp³-hybridized carbons (Fsp3) is 0.438. The van der Waals surface area contributed by atoms with E-state index in [0.717, 1.165) is 5.69 Å². The van der Waals surface area contributed by atoms with Gasteiger partial charge >= 0.3 is 0 Å². The molecule has 1 heteroatoms. The maximum Gasteiger partial charge on any atom is 0.0384 e. The highest BCUT2D eigenvalue weighted by molar-refractivity contribution is 5.60. The Labute approximate surface area is 202 Å². The van der Waals surface area contributed by atoms with Crippen LogP contribution in [-0.4, -0.2) is 0 Å². The molecule has 0 saturated carbocycles. The van der Waals surface area contributed by atoms with Gasteiger partial charge in [0.05, 0.1) is 0 Å². The molecule has 176 valence electrons. The summed E-state index contributed by atoms with van der Waals surface area (Å²) in [6, 6.07) is 20.7. The van der Waals surface area contributed by atoms with Crippen molar-refractivity contribution >= 4 is 5.69 Å². The van der Waals surface area contributed by atoms with Crippen LogP contribution < -0.4 is 5.73 Å². The number of anilines is 1. The Hall–Kier alpha value is -2.54. The molecule has 0 heterocycles. The highest BCUT2D eigenvalue weighted by Gasteiger charge is 2.29. The van der Waals surface area contributed by atoms with Gasteiger partial charge in [0.2, 0.25) is 0 Å². The first kappa shape index (κ1) is 25.1. The van der Waals surface area contributed by atoms with Crippen molar-refractivity contribution in [3.8, 4) is 0 Å². The summed E-state index contributed by atoms with van der Waals surface area (Å²) in [6.07, 6.45) is 0. The largest absolute Gasteiger partial charge is 0.398 e. The number of rotatable bonds is 6. The van der Waals surface area contributed by atoms with Crippen LogP contribution in [0.1, 0.15) is 112 Å². The van der Waals surface area contributed by atoms with E-state index in [1.54, 1.807) is 0 Å². The summed E-state index contributed by atoms with van der Waals surface area (Å²) in [5.41, 5.74) is 18.0. The molecule has 0 fully saturated rings. The predicted octanol–water partition coefficient (Wildman–Crippen LogP) is 8.78. The molecule has 0 aliphatic rings. The third-order valence-electron chi connectivity index (χ3n) is 7.74. The fourth-order valence-electron chi connectivity index (χ4n) is 4.78. The third-order valence-corrected chi connectivity index (χ3v) is 7.74. The fourth-order valence-corrected chi connectivity index (χ4v) is 4.78. The smallest absolute Gasteiger partial charge is 0.0384 e. The van der Waals surface area contributed by atoms with Crippen molar-refractivity contribution in [1.82, 2.24) is 0 Å². The number of aryl methyl sites for hydroxylation is 2. The van der Waals surface area contributed by atoms with E-state index in [2.05, 4.69) is 124 Å². The topological polar surface area (TPSA) is 26.0 Å². The zero-order chi connectivity index (χ0) is 24.7. The number of nitrogens with two attached hydrogens (primary N) is 1. The van der Waals surface area contributed by atoms with Gasteiger partial charge in [-0.1, -0.05) is 110 Å². The van der Waals surface area contributed by atoms with Gasteiger partial charge in [-0.15, -0.1) is 0 Å². The molecule has 2 N–H and O–H groups in total. The van der Waals surface area contributed by atoms with Crippen LogP contribution in [0.25, 0.3) is 0 Å². The minimum atomic E-state index is -0.129. The van der Waals surface area contributed by atoms with Gasteiger partial charge in [0.25, 0.3) is 0 Å². The molecule has 3 rings (SSSR count). The molecule has 0 aliphatic carbocycles. The maximum atomic E-state index is 6.60. The second kappa shape index (κ2) is 9.01. The van der Waals surface area contributed by atoms with E-state index in [9.17, 15) is 0 Å². The van der Waals surface area contributed by atoms with Gasteiger partial charge in [0.1, 0.15) is 0 Å². The summed E-state index contributed by atoms with van der Waals surface area (Å²) in [5, 5.41) is 0. The van der Waals surface area contributed by atoms with E-state index >= 15 is 0 Å². The number of hydrogen-bond donors (Lipinski definition) is 1. The Bertz CT molecular complexity index is 1120. The van der Waals surface area contributed by atoms with Gasteiger partial charge in [0.15, 0.2) is 0 Å². The summed E-state index contributed by atoms with van der Waals surface area (Å²) in [4.78, 5) is 0. The molecule has 3 aromatic carbocycles. The van der Waals surface area contributed by atoms with Crippen molar-refractivity contribution in [3.05, 3.63) is 99.1 Å². The molecule has 0 bridgehead atoms. The van der Waals surface area contributed by atoms with Crippen LogP contribution in [0.2, 0.25) is 0 Å². The Morgan fingerprint density at radius 1 is 0.576 bits per heavy atom. The SMILES string of the molecule is Cc1ccc(C(C)(C)c2cccc(C(C)(C)c3cc(C(C)C)c(N)c(C(C)C)c3)c2)cc1C. The lowest BCUT2D eigenvalue weighted by Crippen LogP contribution is -2.23. The quantitative estimate of drug-likeness (QED) is 0.380. The molecular weight excluding hydrogens is 398 g/mol. The van der Waals surface area contributed by atoms with Gasteiger partial charge < -0.3 is 5.73 Å². The van der Waals surface area contributed by atoms with Crippen molar-refractivity contribution in [1.29, 1.82) is 0 Å². The first-order chi connectivity index (χ1) is 15.3. The predicted molar refractivity (Wildman–Crippen MR) is 146 cm³/mol. The highest BCUT2D eigenvalue weighted by Crippen LogP contribution is 2.40. The Morgan fingerprint density at radius 3 is 1.48 bits per heavy atom. The van der Waals surface area contributed by atoms with Gasteiger partial charge in [-0.3, -0.25) is 0 Å². The average molecular weight is 442 g/mol. The van der Waals surface area contributed by atoms with E-state index in [1.807, 2.05) is 0 Å². The third kappa shape index (κ3) is 4.74. The zero-order valence-electron chi connectivity index (χ0n) is 22.4. The molecule has 0 amide bonds. The monoisotopic (exact) mass is 441 g/mol. The lowest BCUT2D eigenvalue weighted by atomic mass is 9.72. The standard InChI is InChI=1S/C32H43N/c1-20(2)28-18-27(19-29(21(3)4)30(28)33)32(9,10)25-13-11-12-24(17-25)31(7,8)26-15-14-22(5)23(6)16-26/h11-21H,33H2,1-10H3. The summed E-state index contributed by atoms with van der Waals surface area (Å²) in [5.74, 6) is 0.793. The molecule has 0 aromatic heterocycles. The van der Waals surface area contributed by atoms with Crippen LogP contribution in [0.15, 0.2) is 54.6 Å². The second-order valence-corrected chi connectivity index (χ2v) is 11.5. The molecule has 0 unspecified atom stereocenters. The van der Waals surface area contributed by atoms with Crippen molar-refractivity contribution in [3.63, 3.8) is 0 Å². The molecule has 1 nitrogen and oxygen atoms in total. The van der Waals surface area contributed by atoms with Crippen molar-refractivity contribution in [2.45, 2.75) is 91.9 Å². The minimum Gasteiger partial charge on any atom is -0.398 e.